The Hall–Kier alpha value is -5.83. The summed E-state index contributed by atoms with van der Waals surface area (Å²) in [7, 11) is 1.16. The van der Waals surface area contributed by atoms with Crippen LogP contribution in [0.15, 0.2) is 82.7 Å². The molecule has 1 heterocycles. The molecule has 12 nitrogen and oxygen atoms in total. The Morgan fingerprint density at radius 3 is 2.66 bits per heavy atom. The second-order valence-electron chi connectivity index (χ2n) is 7.59. The number of nitrogens with zero attached hydrogens (tertiary/aromatic N) is 4. The predicted octanol–water partition coefficient (Wildman–Crippen LogP) is 4.24. The fraction of sp³-hybridized carbons (Fsp3) is 0.0385. The van der Waals surface area contributed by atoms with Gasteiger partial charge in [-0.15, -0.1) is 0 Å². The maximum absolute atomic E-state index is 12.4. The number of aromatic nitrogens is 2. The normalized spacial score (nSPS) is 10.5. The van der Waals surface area contributed by atoms with E-state index < -0.39 is 16.5 Å². The number of nitrogens with one attached hydrogen (secondary N) is 2. The quantitative estimate of drug-likeness (QED) is 0.152. The number of H-pyrrole nitrogens is 1. The smallest absolute Gasteiger partial charge is 0.341 e. The molecule has 4 aromatic rings. The maximum atomic E-state index is 12.4. The fourth-order valence-corrected chi connectivity index (χ4v) is 3.38. The van der Waals surface area contributed by atoms with Crippen LogP contribution in [0, 0.1) is 21.4 Å². The van der Waals surface area contributed by atoms with E-state index in [1.54, 1.807) is 48.5 Å². The number of hydrazone groups is 1. The molecule has 0 unspecified atom stereocenters. The minimum Gasteiger partial charge on any atom is -0.465 e. The van der Waals surface area contributed by atoms with Gasteiger partial charge in [0.2, 0.25) is 5.95 Å². The van der Waals surface area contributed by atoms with Crippen LogP contribution in [0.2, 0.25) is 0 Å². The van der Waals surface area contributed by atoms with Gasteiger partial charge in [0.05, 0.1) is 23.9 Å². The maximum Gasteiger partial charge on any atom is 0.341 e. The van der Waals surface area contributed by atoms with Gasteiger partial charge in [0.1, 0.15) is 28.7 Å². The van der Waals surface area contributed by atoms with E-state index in [1.165, 1.54) is 18.3 Å². The van der Waals surface area contributed by atoms with Crippen LogP contribution in [0.1, 0.15) is 21.5 Å². The summed E-state index contributed by atoms with van der Waals surface area (Å²) in [6.45, 7) is 0. The number of nitro benzene ring substituents is 1. The molecule has 0 aliphatic rings. The highest BCUT2D eigenvalue weighted by molar-refractivity contribution is 5.93. The fourth-order valence-electron chi connectivity index (χ4n) is 3.38. The van der Waals surface area contributed by atoms with Gasteiger partial charge in [0, 0.05) is 17.7 Å². The van der Waals surface area contributed by atoms with Gasteiger partial charge in [0.15, 0.2) is 0 Å². The number of nitro groups is 1. The third kappa shape index (κ3) is 5.69. The van der Waals surface area contributed by atoms with E-state index in [-0.39, 0.29) is 34.2 Å². The number of benzene rings is 3. The van der Waals surface area contributed by atoms with E-state index in [1.807, 2.05) is 12.1 Å². The SMILES string of the molecule is COC(=O)c1cc([N+](=O)[O-])ccc1Oc1cccc(C=NNc2nc(-c3ccccc3)c(C#N)c(=O)[nH]2)c1. The summed E-state index contributed by atoms with van der Waals surface area (Å²) in [5.41, 5.74) is 2.92. The van der Waals surface area contributed by atoms with Crippen LogP contribution < -0.4 is 15.7 Å². The lowest BCUT2D eigenvalue weighted by Gasteiger charge is -2.10. The van der Waals surface area contributed by atoms with Gasteiger partial charge < -0.3 is 9.47 Å². The Balaban J connectivity index is 1.55. The largest absolute Gasteiger partial charge is 0.465 e. The van der Waals surface area contributed by atoms with E-state index >= 15 is 0 Å². The first-order chi connectivity index (χ1) is 18.4. The molecule has 0 aliphatic carbocycles. The van der Waals surface area contributed by atoms with Crippen LogP contribution in [-0.4, -0.2) is 34.2 Å². The molecule has 0 fully saturated rings. The second-order valence-corrected chi connectivity index (χ2v) is 7.59. The summed E-state index contributed by atoms with van der Waals surface area (Å²) in [6.07, 6.45) is 1.43. The average molecular weight is 510 g/mol. The molecular weight excluding hydrogens is 492 g/mol. The van der Waals surface area contributed by atoms with Crippen LogP contribution in [0.4, 0.5) is 11.6 Å². The number of hydrogen-bond donors (Lipinski definition) is 2. The Labute approximate surface area is 215 Å². The van der Waals surface area contributed by atoms with Gasteiger partial charge in [-0.3, -0.25) is 19.9 Å². The number of aromatic amines is 1. The zero-order valence-electron chi connectivity index (χ0n) is 19.7. The molecule has 0 aliphatic heterocycles. The van der Waals surface area contributed by atoms with Crippen LogP contribution in [0.3, 0.4) is 0 Å². The van der Waals surface area contributed by atoms with Crippen molar-refractivity contribution in [3.05, 3.63) is 110 Å². The number of ether oxygens (including phenoxy) is 2. The highest BCUT2D eigenvalue weighted by Gasteiger charge is 2.19. The Bertz CT molecular complexity index is 1640. The topological polar surface area (TPSA) is 173 Å². The highest BCUT2D eigenvalue weighted by Crippen LogP contribution is 2.29. The number of anilines is 1. The van der Waals surface area contributed by atoms with E-state index in [0.717, 1.165) is 13.2 Å². The minimum atomic E-state index is -0.788. The average Bonchev–Trinajstić information content (AvgIpc) is 2.93. The zero-order valence-corrected chi connectivity index (χ0v) is 19.7. The van der Waals surface area contributed by atoms with Crippen molar-refractivity contribution in [2.75, 3.05) is 12.5 Å². The standard InChI is InChI=1S/C26H18N6O6/c1-37-25(34)20-13-18(32(35)36)10-11-22(20)38-19-9-5-6-16(12-19)15-28-31-26-29-23(17-7-3-2-4-8-17)21(14-27)24(33)30-26/h2-13,15H,1H3,(H2,29,30,31,33). The van der Waals surface area contributed by atoms with E-state index in [2.05, 4.69) is 20.5 Å². The summed E-state index contributed by atoms with van der Waals surface area (Å²) >= 11 is 0. The minimum absolute atomic E-state index is 0.0325. The Morgan fingerprint density at radius 1 is 1.16 bits per heavy atom. The number of carbonyl (C=O) groups is 1. The molecule has 0 radical (unpaired) electrons. The number of nitriles is 1. The van der Waals surface area contributed by atoms with Crippen molar-refractivity contribution in [3.8, 4) is 28.8 Å². The van der Waals surface area contributed by atoms with Crippen LogP contribution in [0.5, 0.6) is 11.5 Å². The van der Waals surface area contributed by atoms with E-state index in [9.17, 15) is 25.0 Å². The van der Waals surface area contributed by atoms with Gasteiger partial charge in [-0.1, -0.05) is 42.5 Å². The molecule has 0 saturated heterocycles. The summed E-state index contributed by atoms with van der Waals surface area (Å²) in [4.78, 5) is 41.7. The number of methoxy groups -OCH3 is 1. The number of hydrogen-bond acceptors (Lipinski definition) is 10. The molecule has 2 N–H and O–H groups in total. The number of rotatable bonds is 8. The van der Waals surface area contributed by atoms with Crippen molar-refractivity contribution < 1.29 is 19.2 Å². The summed E-state index contributed by atoms with van der Waals surface area (Å²) in [6, 6.07) is 20.9. The monoisotopic (exact) mass is 510 g/mol. The van der Waals surface area contributed by atoms with Crippen molar-refractivity contribution in [2.24, 2.45) is 5.10 Å². The molecule has 0 saturated carbocycles. The second kappa shape index (κ2) is 11.3. The van der Waals surface area contributed by atoms with Gasteiger partial charge in [-0.05, 0) is 23.8 Å². The van der Waals surface area contributed by atoms with Gasteiger partial charge in [-0.25, -0.2) is 15.2 Å². The Morgan fingerprint density at radius 2 is 1.95 bits per heavy atom. The summed E-state index contributed by atoms with van der Waals surface area (Å²) < 4.78 is 10.5. The van der Waals surface area contributed by atoms with E-state index in [0.29, 0.717) is 16.9 Å². The molecule has 0 atom stereocenters. The first-order valence-electron chi connectivity index (χ1n) is 10.9. The lowest BCUT2D eigenvalue weighted by Crippen LogP contribution is -2.16. The lowest BCUT2D eigenvalue weighted by molar-refractivity contribution is -0.384. The molecule has 12 heteroatoms. The van der Waals surface area contributed by atoms with Crippen LogP contribution >= 0.6 is 0 Å². The molecule has 0 amide bonds. The highest BCUT2D eigenvalue weighted by atomic mass is 16.6. The molecule has 3 aromatic carbocycles. The number of carbonyl (C=O) groups excluding carboxylic acids is 1. The van der Waals surface area contributed by atoms with Crippen molar-refractivity contribution in [2.45, 2.75) is 0 Å². The lowest BCUT2D eigenvalue weighted by atomic mass is 10.1. The number of esters is 1. The van der Waals surface area contributed by atoms with Crippen molar-refractivity contribution >= 4 is 23.8 Å². The van der Waals surface area contributed by atoms with Gasteiger partial charge >= 0.3 is 5.97 Å². The predicted molar refractivity (Wildman–Crippen MR) is 137 cm³/mol. The summed E-state index contributed by atoms with van der Waals surface area (Å²) in [5, 5.41) is 24.5. The third-order valence-corrected chi connectivity index (χ3v) is 5.13. The van der Waals surface area contributed by atoms with Gasteiger partial charge in [-0.2, -0.15) is 10.4 Å². The Kier molecular flexibility index (Phi) is 7.50. The van der Waals surface area contributed by atoms with Crippen LogP contribution in [0.25, 0.3) is 11.3 Å². The van der Waals surface area contributed by atoms with Gasteiger partial charge in [0.25, 0.3) is 11.2 Å². The number of non-ortho nitro benzene ring substituents is 1. The third-order valence-electron chi connectivity index (χ3n) is 5.13. The molecule has 0 spiro atoms. The molecule has 1 aromatic heterocycles. The van der Waals surface area contributed by atoms with Crippen LogP contribution in [-0.2, 0) is 4.74 Å². The zero-order chi connectivity index (χ0) is 27.1. The van der Waals surface area contributed by atoms with E-state index in [4.69, 9.17) is 9.47 Å². The molecule has 4 rings (SSSR count). The molecular formula is C26H18N6O6. The molecule has 0 bridgehead atoms. The summed E-state index contributed by atoms with van der Waals surface area (Å²) in [5.74, 6) is -0.360. The molecule has 188 valence electrons. The molecule has 38 heavy (non-hydrogen) atoms. The van der Waals surface area contributed by atoms with Crippen molar-refractivity contribution in [3.63, 3.8) is 0 Å². The first-order valence-corrected chi connectivity index (χ1v) is 10.9. The van der Waals surface area contributed by atoms with Crippen molar-refractivity contribution in [1.82, 2.24) is 9.97 Å². The van der Waals surface area contributed by atoms with Crippen molar-refractivity contribution in [1.29, 1.82) is 5.26 Å². The first kappa shape index (κ1) is 25.3.